The predicted molar refractivity (Wildman–Crippen MR) is 90.6 cm³/mol. The van der Waals surface area contributed by atoms with Crippen LogP contribution >= 0.6 is 0 Å². The highest BCUT2D eigenvalue weighted by molar-refractivity contribution is 5.81. The molecule has 1 aliphatic rings. The molecule has 1 fully saturated rings. The van der Waals surface area contributed by atoms with Gasteiger partial charge >= 0.3 is 0 Å². The minimum Gasteiger partial charge on any atom is -0.351 e. The van der Waals surface area contributed by atoms with E-state index in [-0.39, 0.29) is 17.8 Å². The van der Waals surface area contributed by atoms with Gasteiger partial charge in [0.2, 0.25) is 5.91 Å². The van der Waals surface area contributed by atoms with E-state index in [1.807, 2.05) is 0 Å². The van der Waals surface area contributed by atoms with Crippen LogP contribution in [-0.4, -0.2) is 55.0 Å². The Hall–Kier alpha value is -1.46. The SMILES string of the molecule is CC(C)C[C@@H](C(=O)NCc1ccc(F)cc1)N1CCN(C)CC1. The number of piperazine rings is 1. The lowest BCUT2D eigenvalue weighted by Gasteiger charge is -2.37. The molecule has 5 heteroatoms. The molecule has 0 bridgehead atoms. The molecular weight excluding hydrogens is 293 g/mol. The van der Waals surface area contributed by atoms with Crippen molar-refractivity contribution in [2.24, 2.45) is 5.92 Å². The van der Waals surface area contributed by atoms with Crippen molar-refractivity contribution < 1.29 is 9.18 Å². The van der Waals surface area contributed by atoms with Crippen LogP contribution in [0.5, 0.6) is 0 Å². The fraction of sp³-hybridized carbons (Fsp3) is 0.611. The Morgan fingerprint density at radius 3 is 2.35 bits per heavy atom. The molecule has 4 nitrogen and oxygen atoms in total. The molecule has 1 N–H and O–H groups in total. The second kappa shape index (κ2) is 8.41. The Morgan fingerprint density at radius 1 is 1.17 bits per heavy atom. The van der Waals surface area contributed by atoms with Gasteiger partial charge in [-0.15, -0.1) is 0 Å². The Balaban J connectivity index is 1.94. The number of carbonyl (C=O) groups excluding carboxylic acids is 1. The first kappa shape index (κ1) is 17.9. The van der Waals surface area contributed by atoms with E-state index < -0.39 is 0 Å². The summed E-state index contributed by atoms with van der Waals surface area (Å²) >= 11 is 0. The third kappa shape index (κ3) is 5.59. The van der Waals surface area contributed by atoms with Crippen LogP contribution < -0.4 is 5.32 Å². The predicted octanol–water partition coefficient (Wildman–Crippen LogP) is 2.10. The number of nitrogens with one attached hydrogen (secondary N) is 1. The summed E-state index contributed by atoms with van der Waals surface area (Å²) in [5.41, 5.74) is 0.918. The molecule has 1 saturated heterocycles. The van der Waals surface area contributed by atoms with Crippen molar-refractivity contribution in [3.63, 3.8) is 0 Å². The van der Waals surface area contributed by atoms with Crippen LogP contribution in [0.1, 0.15) is 25.8 Å². The van der Waals surface area contributed by atoms with E-state index in [2.05, 4.69) is 36.0 Å². The largest absolute Gasteiger partial charge is 0.351 e. The molecule has 0 aliphatic carbocycles. The Kier molecular flexibility index (Phi) is 6.54. The third-order valence-electron chi connectivity index (χ3n) is 4.36. The lowest BCUT2D eigenvalue weighted by molar-refractivity contribution is -0.128. The van der Waals surface area contributed by atoms with E-state index in [1.165, 1.54) is 12.1 Å². The molecule has 1 atom stereocenters. The molecule has 2 rings (SSSR count). The Bertz CT molecular complexity index is 495. The number of hydrogen-bond donors (Lipinski definition) is 1. The normalized spacial score (nSPS) is 18.1. The van der Waals surface area contributed by atoms with Gasteiger partial charge in [0.1, 0.15) is 5.82 Å². The van der Waals surface area contributed by atoms with Crippen molar-refractivity contribution in [2.75, 3.05) is 33.2 Å². The summed E-state index contributed by atoms with van der Waals surface area (Å²) in [5, 5.41) is 3.02. The van der Waals surface area contributed by atoms with Crippen molar-refractivity contribution >= 4 is 5.91 Å². The maximum absolute atomic E-state index is 12.9. The summed E-state index contributed by atoms with van der Waals surface area (Å²) in [6, 6.07) is 6.19. The van der Waals surface area contributed by atoms with Gasteiger partial charge in [0.05, 0.1) is 6.04 Å². The summed E-state index contributed by atoms with van der Waals surface area (Å²) < 4.78 is 12.9. The number of rotatable bonds is 6. The first-order valence-electron chi connectivity index (χ1n) is 8.40. The Labute approximate surface area is 138 Å². The van der Waals surface area contributed by atoms with Crippen LogP contribution in [-0.2, 0) is 11.3 Å². The van der Waals surface area contributed by atoms with Crippen LogP contribution in [0.2, 0.25) is 0 Å². The summed E-state index contributed by atoms with van der Waals surface area (Å²) in [7, 11) is 2.11. The molecule has 128 valence electrons. The fourth-order valence-electron chi connectivity index (χ4n) is 2.91. The number of amides is 1. The van der Waals surface area contributed by atoms with Gasteiger partial charge in [-0.05, 0) is 37.1 Å². The highest BCUT2D eigenvalue weighted by Gasteiger charge is 2.28. The lowest BCUT2D eigenvalue weighted by atomic mass is 10.0. The van der Waals surface area contributed by atoms with E-state index in [0.717, 1.165) is 38.2 Å². The molecule has 1 aromatic rings. The topological polar surface area (TPSA) is 35.6 Å². The van der Waals surface area contributed by atoms with Gasteiger partial charge in [-0.2, -0.15) is 0 Å². The molecule has 1 heterocycles. The van der Waals surface area contributed by atoms with Crippen LogP contribution in [0, 0.1) is 11.7 Å². The zero-order chi connectivity index (χ0) is 16.8. The van der Waals surface area contributed by atoms with Crippen molar-refractivity contribution in [3.05, 3.63) is 35.6 Å². The van der Waals surface area contributed by atoms with Crippen molar-refractivity contribution in [1.29, 1.82) is 0 Å². The minimum atomic E-state index is -0.254. The minimum absolute atomic E-state index is 0.0765. The van der Waals surface area contributed by atoms with E-state index >= 15 is 0 Å². The van der Waals surface area contributed by atoms with Gasteiger partial charge in [-0.25, -0.2) is 4.39 Å². The molecule has 1 aliphatic heterocycles. The van der Waals surface area contributed by atoms with Crippen molar-refractivity contribution in [2.45, 2.75) is 32.9 Å². The molecule has 0 spiro atoms. The molecular formula is C18H28FN3O. The van der Waals surface area contributed by atoms with Crippen LogP contribution in [0.25, 0.3) is 0 Å². The van der Waals surface area contributed by atoms with Gasteiger partial charge < -0.3 is 10.2 Å². The second-order valence-corrected chi connectivity index (χ2v) is 6.83. The highest BCUT2D eigenvalue weighted by atomic mass is 19.1. The van der Waals surface area contributed by atoms with E-state index in [4.69, 9.17) is 0 Å². The number of benzene rings is 1. The maximum atomic E-state index is 12.9. The van der Waals surface area contributed by atoms with Crippen molar-refractivity contribution in [1.82, 2.24) is 15.1 Å². The Morgan fingerprint density at radius 2 is 1.78 bits per heavy atom. The van der Waals surface area contributed by atoms with E-state index in [0.29, 0.717) is 12.5 Å². The molecule has 0 radical (unpaired) electrons. The number of carbonyl (C=O) groups is 1. The number of likely N-dealkylation sites (N-methyl/N-ethyl adjacent to an activating group) is 1. The van der Waals surface area contributed by atoms with E-state index in [9.17, 15) is 9.18 Å². The number of halogens is 1. The van der Waals surface area contributed by atoms with Gasteiger partial charge in [-0.1, -0.05) is 26.0 Å². The molecule has 23 heavy (non-hydrogen) atoms. The van der Waals surface area contributed by atoms with Gasteiger partial charge in [0.25, 0.3) is 0 Å². The standard InChI is InChI=1S/C18H28FN3O/c1-14(2)12-17(22-10-8-21(3)9-11-22)18(23)20-13-15-4-6-16(19)7-5-15/h4-7,14,17H,8-13H2,1-3H3,(H,20,23)/t17-/m0/s1. The highest BCUT2D eigenvalue weighted by Crippen LogP contribution is 2.14. The smallest absolute Gasteiger partial charge is 0.237 e. The fourth-order valence-corrected chi connectivity index (χ4v) is 2.91. The van der Waals surface area contributed by atoms with E-state index in [1.54, 1.807) is 12.1 Å². The monoisotopic (exact) mass is 321 g/mol. The summed E-state index contributed by atoms with van der Waals surface area (Å²) in [4.78, 5) is 17.2. The summed E-state index contributed by atoms with van der Waals surface area (Å²) in [6.45, 7) is 8.60. The molecule has 1 aromatic carbocycles. The first-order chi connectivity index (χ1) is 11.0. The van der Waals surface area contributed by atoms with Crippen LogP contribution in [0.3, 0.4) is 0 Å². The molecule has 0 saturated carbocycles. The summed E-state index contributed by atoms with van der Waals surface area (Å²) in [6.07, 6.45) is 0.860. The first-order valence-corrected chi connectivity index (χ1v) is 8.40. The molecule has 0 aromatic heterocycles. The molecule has 1 amide bonds. The van der Waals surface area contributed by atoms with Crippen LogP contribution in [0.4, 0.5) is 4.39 Å². The average Bonchev–Trinajstić information content (AvgIpc) is 2.52. The maximum Gasteiger partial charge on any atom is 0.237 e. The third-order valence-corrected chi connectivity index (χ3v) is 4.36. The summed E-state index contributed by atoms with van der Waals surface area (Å²) in [5.74, 6) is 0.291. The number of nitrogens with zero attached hydrogens (tertiary/aromatic N) is 2. The van der Waals surface area contributed by atoms with Gasteiger partial charge in [0, 0.05) is 32.7 Å². The lowest BCUT2D eigenvalue weighted by Crippen LogP contribution is -2.54. The van der Waals surface area contributed by atoms with Crippen LogP contribution in [0.15, 0.2) is 24.3 Å². The average molecular weight is 321 g/mol. The quantitative estimate of drug-likeness (QED) is 0.872. The zero-order valence-electron chi connectivity index (χ0n) is 14.4. The van der Waals surface area contributed by atoms with Gasteiger partial charge in [-0.3, -0.25) is 9.69 Å². The molecule has 0 unspecified atom stereocenters. The zero-order valence-corrected chi connectivity index (χ0v) is 14.4. The second-order valence-electron chi connectivity index (χ2n) is 6.83. The number of hydrogen-bond acceptors (Lipinski definition) is 3. The van der Waals surface area contributed by atoms with Gasteiger partial charge in [0.15, 0.2) is 0 Å². The van der Waals surface area contributed by atoms with Crippen molar-refractivity contribution in [3.8, 4) is 0 Å².